The molecule has 3 heterocycles. The second-order valence-electron chi connectivity index (χ2n) is 8.57. The molecule has 1 aliphatic heterocycles. The lowest BCUT2D eigenvalue weighted by atomic mass is 9.94. The average Bonchev–Trinajstić information content (AvgIpc) is 3.20. The zero-order valence-electron chi connectivity index (χ0n) is 18.7. The van der Waals surface area contributed by atoms with Crippen molar-refractivity contribution in [2.45, 2.75) is 59.2 Å². The van der Waals surface area contributed by atoms with Gasteiger partial charge in [0.25, 0.3) is 0 Å². The molecule has 0 spiro atoms. The Morgan fingerprint density at radius 2 is 2.07 bits per heavy atom. The molecule has 1 fully saturated rings. The van der Waals surface area contributed by atoms with Gasteiger partial charge in [0.05, 0.1) is 32.0 Å². The van der Waals surface area contributed by atoms with Gasteiger partial charge in [0.15, 0.2) is 5.96 Å². The number of hydrogen-bond acceptors (Lipinski definition) is 6. The van der Waals surface area contributed by atoms with E-state index in [1.807, 2.05) is 13.1 Å². The molecule has 30 heavy (non-hydrogen) atoms. The van der Waals surface area contributed by atoms with Gasteiger partial charge in [-0.3, -0.25) is 0 Å². The van der Waals surface area contributed by atoms with Crippen molar-refractivity contribution in [3.8, 4) is 0 Å². The minimum absolute atomic E-state index is 0.0533. The molecule has 1 saturated heterocycles. The highest BCUT2D eigenvalue weighted by molar-refractivity contribution is 5.79. The number of guanidine groups is 1. The van der Waals surface area contributed by atoms with Crippen LogP contribution in [0.15, 0.2) is 33.9 Å². The molecule has 0 radical (unpaired) electrons. The number of rotatable bonds is 6. The molecule has 2 N–H and O–H groups in total. The van der Waals surface area contributed by atoms with E-state index in [-0.39, 0.29) is 11.5 Å². The number of pyridine rings is 1. The highest BCUT2D eigenvalue weighted by atomic mass is 16.5. The van der Waals surface area contributed by atoms with Crippen LogP contribution >= 0.6 is 0 Å². The number of hydrogen-bond donors (Lipinski definition) is 2. The molecule has 0 aromatic carbocycles. The van der Waals surface area contributed by atoms with Gasteiger partial charge >= 0.3 is 0 Å². The number of morpholine rings is 1. The fraction of sp³-hybridized carbons (Fsp3) is 0.591. The quantitative estimate of drug-likeness (QED) is 0.555. The third-order valence-corrected chi connectivity index (χ3v) is 4.84. The monoisotopic (exact) mass is 414 g/mol. The number of ether oxygens (including phenoxy) is 1. The minimum Gasteiger partial charge on any atom is -0.443 e. The van der Waals surface area contributed by atoms with E-state index in [1.54, 1.807) is 6.20 Å². The summed E-state index contributed by atoms with van der Waals surface area (Å²) in [6.45, 7) is 14.7. The zero-order chi connectivity index (χ0) is 21.6. The molecule has 1 atom stereocenters. The third kappa shape index (κ3) is 6.19. The van der Waals surface area contributed by atoms with E-state index in [0.717, 1.165) is 49.3 Å². The van der Waals surface area contributed by atoms with Crippen molar-refractivity contribution < 1.29 is 9.15 Å². The number of aromatic nitrogens is 2. The maximum atomic E-state index is 5.84. The molecule has 8 heteroatoms. The Morgan fingerprint density at radius 1 is 1.23 bits per heavy atom. The largest absolute Gasteiger partial charge is 0.443 e. The topological polar surface area (TPSA) is 87.8 Å². The summed E-state index contributed by atoms with van der Waals surface area (Å²) in [7, 11) is 0. The molecular formula is C22H34N6O2. The van der Waals surface area contributed by atoms with Crippen LogP contribution in [-0.4, -0.2) is 48.3 Å². The van der Waals surface area contributed by atoms with Crippen molar-refractivity contribution in [2.24, 2.45) is 4.99 Å². The van der Waals surface area contributed by atoms with Crippen LogP contribution in [0.1, 0.15) is 51.8 Å². The van der Waals surface area contributed by atoms with Gasteiger partial charge in [-0.15, -0.1) is 0 Å². The van der Waals surface area contributed by atoms with Crippen LogP contribution in [-0.2, 0) is 23.2 Å². The lowest BCUT2D eigenvalue weighted by Gasteiger charge is -2.32. The van der Waals surface area contributed by atoms with Crippen LogP contribution in [0.2, 0.25) is 0 Å². The molecule has 1 aliphatic rings. The smallest absolute Gasteiger partial charge is 0.213 e. The van der Waals surface area contributed by atoms with E-state index >= 15 is 0 Å². The summed E-state index contributed by atoms with van der Waals surface area (Å²) in [5.74, 6) is 3.24. The van der Waals surface area contributed by atoms with Gasteiger partial charge in [-0.1, -0.05) is 26.8 Å². The average molecular weight is 415 g/mol. The summed E-state index contributed by atoms with van der Waals surface area (Å²) in [5, 5.41) is 6.54. The molecule has 164 valence electrons. The van der Waals surface area contributed by atoms with Crippen molar-refractivity contribution >= 4 is 11.8 Å². The van der Waals surface area contributed by atoms with E-state index in [2.05, 4.69) is 70.3 Å². The van der Waals surface area contributed by atoms with E-state index in [0.29, 0.717) is 19.0 Å². The van der Waals surface area contributed by atoms with Gasteiger partial charge < -0.3 is 24.7 Å². The molecule has 2 aromatic heterocycles. The maximum Gasteiger partial charge on any atom is 0.213 e. The second-order valence-corrected chi connectivity index (χ2v) is 8.57. The molecule has 0 bridgehead atoms. The van der Waals surface area contributed by atoms with Crippen LogP contribution < -0.4 is 15.5 Å². The normalized spacial score (nSPS) is 17.8. The van der Waals surface area contributed by atoms with Gasteiger partial charge in [0.1, 0.15) is 11.6 Å². The highest BCUT2D eigenvalue weighted by Crippen LogP contribution is 2.22. The lowest BCUT2D eigenvalue weighted by Crippen LogP contribution is -2.41. The Balaban J connectivity index is 1.57. The summed E-state index contributed by atoms with van der Waals surface area (Å²) < 4.78 is 11.4. The summed E-state index contributed by atoms with van der Waals surface area (Å²) in [5.41, 5.74) is 1.01. The minimum atomic E-state index is -0.0533. The summed E-state index contributed by atoms with van der Waals surface area (Å²) in [6.07, 6.45) is 3.93. The predicted molar refractivity (Wildman–Crippen MR) is 119 cm³/mol. The van der Waals surface area contributed by atoms with E-state index in [1.165, 1.54) is 0 Å². The van der Waals surface area contributed by atoms with Crippen molar-refractivity contribution in [1.82, 2.24) is 20.6 Å². The zero-order valence-corrected chi connectivity index (χ0v) is 18.7. The van der Waals surface area contributed by atoms with E-state index < -0.39 is 0 Å². The lowest BCUT2D eigenvalue weighted by molar-refractivity contribution is 0.0529. The van der Waals surface area contributed by atoms with Crippen LogP contribution in [0, 0.1) is 0 Å². The number of aliphatic imine (C=N–C) groups is 1. The Hall–Kier alpha value is -2.61. The van der Waals surface area contributed by atoms with Gasteiger partial charge in [-0.2, -0.15) is 0 Å². The van der Waals surface area contributed by atoms with Gasteiger partial charge in [0, 0.05) is 31.2 Å². The predicted octanol–water partition coefficient (Wildman–Crippen LogP) is 2.85. The molecule has 0 amide bonds. The summed E-state index contributed by atoms with van der Waals surface area (Å²) in [4.78, 5) is 15.9. The fourth-order valence-electron chi connectivity index (χ4n) is 3.13. The first-order valence-electron chi connectivity index (χ1n) is 10.6. The highest BCUT2D eigenvalue weighted by Gasteiger charge is 2.19. The Morgan fingerprint density at radius 3 is 2.70 bits per heavy atom. The number of nitrogens with zero attached hydrogens (tertiary/aromatic N) is 4. The Kier molecular flexibility index (Phi) is 7.31. The van der Waals surface area contributed by atoms with Gasteiger partial charge in [0.2, 0.25) is 5.89 Å². The van der Waals surface area contributed by atoms with Gasteiger partial charge in [-0.25, -0.2) is 15.0 Å². The molecule has 0 saturated carbocycles. The number of nitrogens with one attached hydrogen (secondary N) is 2. The van der Waals surface area contributed by atoms with Crippen molar-refractivity contribution in [2.75, 3.05) is 31.1 Å². The first-order chi connectivity index (χ1) is 14.3. The molecule has 3 rings (SSSR count). The van der Waals surface area contributed by atoms with Gasteiger partial charge in [-0.05, 0) is 25.5 Å². The molecule has 8 nitrogen and oxygen atoms in total. The molecule has 2 aromatic rings. The molecule has 0 aliphatic carbocycles. The maximum absolute atomic E-state index is 5.84. The van der Waals surface area contributed by atoms with Crippen LogP contribution in [0.4, 0.5) is 5.82 Å². The number of oxazole rings is 1. The summed E-state index contributed by atoms with van der Waals surface area (Å²) in [6, 6.07) is 4.14. The van der Waals surface area contributed by atoms with Crippen molar-refractivity contribution in [3.63, 3.8) is 0 Å². The van der Waals surface area contributed by atoms with E-state index in [9.17, 15) is 0 Å². The summed E-state index contributed by atoms with van der Waals surface area (Å²) >= 11 is 0. The third-order valence-electron chi connectivity index (χ3n) is 4.84. The van der Waals surface area contributed by atoms with Crippen LogP contribution in [0.3, 0.4) is 0 Å². The first-order valence-corrected chi connectivity index (χ1v) is 10.6. The fourth-order valence-corrected chi connectivity index (χ4v) is 3.13. The van der Waals surface area contributed by atoms with Crippen molar-refractivity contribution in [1.29, 1.82) is 0 Å². The van der Waals surface area contributed by atoms with Crippen LogP contribution in [0.25, 0.3) is 0 Å². The molecule has 1 unspecified atom stereocenters. The standard InChI is InChI=1S/C22H34N6O2/c1-6-23-21(27-14-20-25-13-18(30-20)22(3,4)5)26-12-17-7-8-19(24-11-17)28-9-10-29-16(2)15-28/h7-8,11,13,16H,6,9-10,12,14-15H2,1-5H3,(H2,23,26,27). The first kappa shape index (κ1) is 22.1. The Bertz CT molecular complexity index is 825. The number of anilines is 1. The Labute approximate surface area is 179 Å². The van der Waals surface area contributed by atoms with Crippen LogP contribution in [0.5, 0.6) is 0 Å². The van der Waals surface area contributed by atoms with E-state index in [4.69, 9.17) is 9.15 Å². The van der Waals surface area contributed by atoms with Crippen molar-refractivity contribution in [3.05, 3.63) is 41.7 Å². The second kappa shape index (κ2) is 9.93. The SMILES string of the molecule is CCNC(=NCc1ccc(N2CCOC(C)C2)nc1)NCc1ncc(C(C)(C)C)o1. The molecular weight excluding hydrogens is 380 g/mol.